The summed E-state index contributed by atoms with van der Waals surface area (Å²) in [7, 11) is 0. The summed E-state index contributed by atoms with van der Waals surface area (Å²) in [5.41, 5.74) is 3.01. The Morgan fingerprint density at radius 1 is 1.04 bits per heavy atom. The summed E-state index contributed by atoms with van der Waals surface area (Å²) in [5.74, 6) is -0.259. The summed E-state index contributed by atoms with van der Waals surface area (Å²) in [6.45, 7) is 1.77. The molecule has 0 radical (unpaired) electrons. The number of halogens is 1. The van der Waals surface area contributed by atoms with Crippen LogP contribution in [-0.4, -0.2) is 18.4 Å². The largest absolute Gasteiger partial charge is 0.356 e. The molecule has 0 fully saturated rings. The first kappa shape index (κ1) is 17.0. The molecule has 0 spiro atoms. The van der Waals surface area contributed by atoms with Gasteiger partial charge in [-0.1, -0.05) is 35.9 Å². The van der Waals surface area contributed by atoms with Gasteiger partial charge in [0.1, 0.15) is 0 Å². The summed E-state index contributed by atoms with van der Waals surface area (Å²) < 4.78 is 0. The highest BCUT2D eigenvalue weighted by atomic mass is 35.5. The van der Waals surface area contributed by atoms with Gasteiger partial charge in [0, 0.05) is 30.6 Å². The molecule has 2 aromatic carbocycles. The van der Waals surface area contributed by atoms with Crippen LogP contribution in [0.4, 0.5) is 5.69 Å². The number of carbonyl (C=O) groups is 2. The first-order valence-electron chi connectivity index (χ1n) is 7.40. The Labute approximate surface area is 140 Å². The number of nitrogens with one attached hydrogen (secondary N) is 2. The average molecular weight is 331 g/mol. The highest BCUT2D eigenvalue weighted by Crippen LogP contribution is 2.16. The number of benzene rings is 2. The van der Waals surface area contributed by atoms with Crippen molar-refractivity contribution >= 4 is 29.1 Å². The van der Waals surface area contributed by atoms with Crippen molar-refractivity contribution in [2.24, 2.45) is 0 Å². The normalized spacial score (nSPS) is 10.2. The van der Waals surface area contributed by atoms with E-state index >= 15 is 0 Å². The second kappa shape index (κ2) is 8.34. The molecule has 0 saturated carbocycles. The minimum absolute atomic E-state index is 0.123. The van der Waals surface area contributed by atoms with E-state index in [1.807, 2.05) is 48.5 Å². The fourth-order valence-corrected chi connectivity index (χ4v) is 2.30. The Kier molecular flexibility index (Phi) is 6.18. The molecule has 0 aromatic heterocycles. The lowest BCUT2D eigenvalue weighted by Gasteiger charge is -2.08. The molecule has 0 aliphatic rings. The van der Waals surface area contributed by atoms with Crippen molar-refractivity contribution in [2.45, 2.75) is 19.8 Å². The van der Waals surface area contributed by atoms with Gasteiger partial charge in [0.15, 0.2) is 0 Å². The summed E-state index contributed by atoms with van der Waals surface area (Å²) in [4.78, 5) is 22.6. The monoisotopic (exact) mass is 330 g/mol. The molecule has 0 unspecified atom stereocenters. The van der Waals surface area contributed by atoms with Gasteiger partial charge in [-0.25, -0.2) is 0 Å². The van der Waals surface area contributed by atoms with E-state index < -0.39 is 0 Å². The first-order valence-corrected chi connectivity index (χ1v) is 7.78. The zero-order valence-corrected chi connectivity index (χ0v) is 13.7. The molecule has 0 atom stereocenters. The van der Waals surface area contributed by atoms with Crippen LogP contribution in [0.2, 0.25) is 5.02 Å². The van der Waals surface area contributed by atoms with Crippen molar-refractivity contribution in [1.82, 2.24) is 5.32 Å². The first-order chi connectivity index (χ1) is 11.0. The van der Waals surface area contributed by atoms with E-state index in [9.17, 15) is 9.59 Å². The molecule has 2 amide bonds. The third-order valence-electron chi connectivity index (χ3n) is 3.26. The van der Waals surface area contributed by atoms with E-state index in [1.165, 1.54) is 6.92 Å². The summed E-state index contributed by atoms with van der Waals surface area (Å²) in [6, 6.07) is 15.4. The fraction of sp³-hybridized carbons (Fsp3) is 0.222. The molecule has 4 nitrogen and oxygen atoms in total. The number of carbonyl (C=O) groups excluding carboxylic acids is 2. The van der Waals surface area contributed by atoms with E-state index in [0.29, 0.717) is 11.6 Å². The van der Waals surface area contributed by atoms with E-state index in [2.05, 4.69) is 10.6 Å². The Morgan fingerprint density at radius 2 is 1.78 bits per heavy atom. The molecule has 2 aromatic rings. The quantitative estimate of drug-likeness (QED) is 0.853. The number of hydrogen-bond acceptors (Lipinski definition) is 2. The lowest BCUT2D eigenvalue weighted by atomic mass is 10.0. The third-order valence-corrected chi connectivity index (χ3v) is 3.51. The number of rotatable bonds is 6. The Balaban J connectivity index is 1.92. The lowest BCUT2D eigenvalue weighted by molar-refractivity contribution is -0.119. The van der Waals surface area contributed by atoms with Crippen LogP contribution in [0.25, 0.3) is 0 Å². The van der Waals surface area contributed by atoms with Gasteiger partial charge in [-0.05, 0) is 41.8 Å². The van der Waals surface area contributed by atoms with Crippen LogP contribution >= 0.6 is 11.6 Å². The van der Waals surface area contributed by atoms with Gasteiger partial charge < -0.3 is 10.6 Å². The standard InChI is InChI=1S/C18H19ClN2O2/c1-13(22)20-10-9-18(23)21-17-4-2-3-15(12-17)11-14-5-7-16(19)8-6-14/h2-8,12H,9-11H2,1H3,(H,20,22)(H,21,23). The minimum Gasteiger partial charge on any atom is -0.356 e. The molecule has 0 aliphatic carbocycles. The van der Waals surface area contributed by atoms with Gasteiger partial charge in [-0.15, -0.1) is 0 Å². The fourth-order valence-electron chi connectivity index (χ4n) is 2.17. The predicted octanol–water partition coefficient (Wildman–Crippen LogP) is 3.40. The van der Waals surface area contributed by atoms with Gasteiger partial charge in [0.25, 0.3) is 0 Å². The third kappa shape index (κ3) is 6.12. The maximum absolute atomic E-state index is 11.8. The van der Waals surface area contributed by atoms with Gasteiger partial charge in [0.05, 0.1) is 0 Å². The Morgan fingerprint density at radius 3 is 2.48 bits per heavy atom. The molecule has 0 aliphatic heterocycles. The van der Waals surface area contributed by atoms with Crippen LogP contribution in [-0.2, 0) is 16.0 Å². The SMILES string of the molecule is CC(=O)NCCC(=O)Nc1cccc(Cc2ccc(Cl)cc2)c1. The molecule has 23 heavy (non-hydrogen) atoms. The molecule has 2 N–H and O–H groups in total. The number of amides is 2. The highest BCUT2D eigenvalue weighted by molar-refractivity contribution is 6.30. The van der Waals surface area contributed by atoms with Crippen molar-refractivity contribution in [1.29, 1.82) is 0 Å². The van der Waals surface area contributed by atoms with Crippen LogP contribution in [0.5, 0.6) is 0 Å². The second-order valence-corrected chi connectivity index (χ2v) is 5.72. The summed E-state index contributed by atoms with van der Waals surface area (Å²) in [6.07, 6.45) is 1.02. The van der Waals surface area contributed by atoms with Gasteiger partial charge in [-0.3, -0.25) is 9.59 Å². The number of anilines is 1. The van der Waals surface area contributed by atoms with Crippen LogP contribution < -0.4 is 10.6 Å². The predicted molar refractivity (Wildman–Crippen MR) is 92.6 cm³/mol. The van der Waals surface area contributed by atoms with Crippen LogP contribution in [0.3, 0.4) is 0 Å². The van der Waals surface area contributed by atoms with Crippen LogP contribution in [0.1, 0.15) is 24.5 Å². The van der Waals surface area contributed by atoms with Gasteiger partial charge in [-0.2, -0.15) is 0 Å². The summed E-state index contributed by atoms with van der Waals surface area (Å²) in [5, 5.41) is 6.16. The zero-order chi connectivity index (χ0) is 16.7. The molecule has 0 bridgehead atoms. The van der Waals surface area contributed by atoms with Crippen LogP contribution in [0.15, 0.2) is 48.5 Å². The van der Waals surface area contributed by atoms with E-state index in [0.717, 1.165) is 23.2 Å². The average Bonchev–Trinajstić information content (AvgIpc) is 2.49. The van der Waals surface area contributed by atoms with Gasteiger partial charge in [0.2, 0.25) is 11.8 Å². The maximum Gasteiger partial charge on any atom is 0.226 e. The van der Waals surface area contributed by atoms with Crippen LogP contribution in [0, 0.1) is 0 Å². The molecular formula is C18H19ClN2O2. The molecule has 0 saturated heterocycles. The molecule has 2 rings (SSSR count). The number of hydrogen-bond donors (Lipinski definition) is 2. The highest BCUT2D eigenvalue weighted by Gasteiger charge is 2.04. The molecule has 120 valence electrons. The van der Waals surface area contributed by atoms with Crippen molar-refractivity contribution in [2.75, 3.05) is 11.9 Å². The Bertz CT molecular complexity index is 684. The van der Waals surface area contributed by atoms with Crippen molar-refractivity contribution < 1.29 is 9.59 Å². The molecule has 5 heteroatoms. The zero-order valence-electron chi connectivity index (χ0n) is 12.9. The Hall–Kier alpha value is -2.33. The summed E-state index contributed by atoms with van der Waals surface area (Å²) >= 11 is 5.88. The lowest BCUT2D eigenvalue weighted by Crippen LogP contribution is -2.25. The van der Waals surface area contributed by atoms with Crippen molar-refractivity contribution in [3.05, 3.63) is 64.7 Å². The maximum atomic E-state index is 11.8. The van der Waals surface area contributed by atoms with Crippen molar-refractivity contribution in [3.63, 3.8) is 0 Å². The smallest absolute Gasteiger partial charge is 0.226 e. The molecule has 0 heterocycles. The van der Waals surface area contributed by atoms with E-state index in [4.69, 9.17) is 11.6 Å². The minimum atomic E-state index is -0.136. The topological polar surface area (TPSA) is 58.2 Å². The van der Waals surface area contributed by atoms with E-state index in [-0.39, 0.29) is 18.2 Å². The van der Waals surface area contributed by atoms with E-state index in [1.54, 1.807) is 0 Å². The van der Waals surface area contributed by atoms with Crippen molar-refractivity contribution in [3.8, 4) is 0 Å². The molecular weight excluding hydrogens is 312 g/mol. The van der Waals surface area contributed by atoms with Gasteiger partial charge >= 0.3 is 0 Å². The second-order valence-electron chi connectivity index (χ2n) is 5.28.